The molecule has 1 rings (SSSR count). The zero-order chi connectivity index (χ0) is 46.4. The molecule has 0 heterocycles. The van der Waals surface area contributed by atoms with E-state index in [4.69, 9.17) is 24.9 Å². The molecule has 0 aromatic heterocycles. The van der Waals surface area contributed by atoms with E-state index in [0.29, 0.717) is 12.8 Å². The van der Waals surface area contributed by atoms with Crippen LogP contribution in [0.1, 0.15) is 115 Å². The number of esters is 2. The lowest BCUT2D eigenvalue weighted by molar-refractivity contribution is -0.193. The van der Waals surface area contributed by atoms with Gasteiger partial charge in [-0.25, -0.2) is 13.9 Å². The summed E-state index contributed by atoms with van der Waals surface area (Å²) >= 11 is 0. The molecule has 1 fully saturated rings. The van der Waals surface area contributed by atoms with E-state index in [1.54, 1.807) is 0 Å². The lowest BCUT2D eigenvalue weighted by Gasteiger charge is -2.45. The minimum Gasteiger partial charge on any atom is -0.456 e. The van der Waals surface area contributed by atoms with Crippen molar-refractivity contribution in [3.63, 3.8) is 0 Å². The van der Waals surface area contributed by atoms with Gasteiger partial charge in [-0.15, -0.1) is 6.42 Å². The van der Waals surface area contributed by atoms with E-state index >= 15 is 0 Å². The maximum absolute atomic E-state index is 13.0. The summed E-state index contributed by atoms with van der Waals surface area (Å²) in [6.07, 6.45) is 3.91. The van der Waals surface area contributed by atoms with Gasteiger partial charge >= 0.3 is 35.2 Å². The number of aliphatic hydroxyl groups excluding tert-OH is 3. The van der Waals surface area contributed by atoms with Gasteiger partial charge in [-0.1, -0.05) is 84.0 Å². The molecule has 0 bridgehead atoms. The molecular formula is C41H82NO18P3. The number of ether oxygens (including phenoxy) is 2. The van der Waals surface area contributed by atoms with Gasteiger partial charge in [0.2, 0.25) is 0 Å². The Bertz CT molecular complexity index is 2080. The summed E-state index contributed by atoms with van der Waals surface area (Å²) < 4.78 is 60.8. The van der Waals surface area contributed by atoms with Crippen LogP contribution in [0.3, 0.4) is 0 Å². The van der Waals surface area contributed by atoms with Gasteiger partial charge in [0.05, 0.1) is 18.9 Å². The maximum Gasteiger partial charge on any atom is 0.472 e. The van der Waals surface area contributed by atoms with Crippen molar-refractivity contribution in [2.24, 2.45) is 5.92 Å². The molecule has 22 heteroatoms. The Balaban J connectivity index is -0.000000229. The van der Waals surface area contributed by atoms with Gasteiger partial charge in [0.25, 0.3) is 0 Å². The average molecular weight is 970 g/mol. The number of hydrogen-bond acceptors (Lipinski definition) is 14. The van der Waals surface area contributed by atoms with E-state index in [9.17, 15) is 63.1 Å². The fourth-order valence-corrected chi connectivity index (χ4v) is 8.35. The molecule has 1 aliphatic carbocycles. The van der Waals surface area contributed by atoms with Gasteiger partial charge in [-0.05, 0) is 77.5 Å². The molecule has 0 saturated heterocycles. The third-order valence-electron chi connectivity index (χ3n) is 8.65. The van der Waals surface area contributed by atoms with Crippen LogP contribution in [0, 0.1) is 89.3 Å². The fourth-order valence-electron chi connectivity index (χ4n) is 5.81. The zero-order valence-electron chi connectivity index (χ0n) is 34.8. The van der Waals surface area contributed by atoms with Gasteiger partial charge in [0.1, 0.15) is 31.0 Å². The number of rotatable bonds is 26. The lowest BCUT2D eigenvalue weighted by Crippen LogP contribution is -2.62. The second-order valence-corrected chi connectivity index (χ2v) is 18.0. The van der Waals surface area contributed by atoms with Crippen molar-refractivity contribution in [2.45, 2.75) is 133 Å². The van der Waals surface area contributed by atoms with Crippen LogP contribution < -0.4 is 6.15 Å². The first kappa shape index (κ1) is 59.1. The van der Waals surface area contributed by atoms with Crippen molar-refractivity contribution in [1.82, 2.24) is 6.15 Å². The molecule has 8 atom stereocenters. The molecule has 0 aliphatic heterocycles. The highest BCUT2D eigenvalue weighted by molar-refractivity contribution is 7.51. The summed E-state index contributed by atoms with van der Waals surface area (Å²) in [4.78, 5) is 73.0. The third kappa shape index (κ3) is 29.2. The Morgan fingerprint density at radius 1 is 0.635 bits per heavy atom. The minimum atomic E-state index is -5.55. The summed E-state index contributed by atoms with van der Waals surface area (Å²) in [5.74, 6) is 25.7. The van der Waals surface area contributed by atoms with Crippen molar-refractivity contribution in [3.05, 3.63) is 0 Å². The van der Waals surface area contributed by atoms with Crippen LogP contribution in [-0.4, -0.2) is 108 Å². The van der Waals surface area contributed by atoms with Crippen molar-refractivity contribution < 1.29 is 105 Å². The number of phosphoric ester groups is 2. The van der Waals surface area contributed by atoms with E-state index in [2.05, 4.69) is 82.5 Å². The third-order valence-corrected chi connectivity index (χ3v) is 11.1. The summed E-state index contributed by atoms with van der Waals surface area (Å²) in [6, 6.07) is 0. The quantitative estimate of drug-likeness (QED) is 0.0162. The number of unbranched alkanes of at least 4 members (excludes halogenated alkanes) is 12. The highest BCUT2D eigenvalue weighted by Crippen LogP contribution is 2.51. The first-order valence-electron chi connectivity index (χ1n) is 19.6. The molecule has 63 heavy (non-hydrogen) atoms. The molecule has 0 aromatic rings. The highest BCUT2D eigenvalue weighted by atomic mass is 31.2. The van der Waals surface area contributed by atoms with Crippen molar-refractivity contribution >= 4 is 35.2 Å². The predicted molar refractivity (Wildman–Crippen MR) is 255 cm³/mol. The second-order valence-electron chi connectivity index (χ2n) is 13.7. The normalized spacial score (nSPS) is 20.3. The Labute approximate surface area is 388 Å². The van der Waals surface area contributed by atoms with Crippen molar-refractivity contribution in [3.8, 4) is 83.4 Å². The molecule has 4 unspecified atom stereocenters. The molecular weight excluding hydrogens is 887 g/mol. The Morgan fingerprint density at radius 3 is 1.59 bits per heavy atom. The molecule has 0 aromatic carbocycles. The van der Waals surface area contributed by atoms with E-state index in [1.165, 1.54) is 44.9 Å². The van der Waals surface area contributed by atoms with E-state index < -0.39 is 97.1 Å². The first-order chi connectivity index (χ1) is 29.3. The van der Waals surface area contributed by atoms with Crippen LogP contribution in [0.2, 0.25) is 0 Å². The number of carbonyl (C=O) groups excluding carboxylic acids is 2. The van der Waals surface area contributed by atoms with E-state index in [-0.39, 0.29) is 31.1 Å². The van der Waals surface area contributed by atoms with Gasteiger partial charge in [-0.2, -0.15) is 0 Å². The smallest absolute Gasteiger partial charge is 0.456 e. The summed E-state index contributed by atoms with van der Waals surface area (Å²) in [5, 5.41) is 31.9. The van der Waals surface area contributed by atoms with Gasteiger partial charge < -0.3 is 55.4 Å². The number of hydrogen-bond donors (Lipinski definition) is 9. The van der Waals surface area contributed by atoms with E-state index in [0.717, 1.165) is 25.7 Å². The van der Waals surface area contributed by atoms with Crippen molar-refractivity contribution in [2.75, 3.05) is 19.4 Å². The maximum atomic E-state index is 13.0. The van der Waals surface area contributed by atoms with Crippen LogP contribution in [0.4, 0.5) is 0 Å². The number of carbonyl (C=O) groups is 2. The van der Waals surface area contributed by atoms with Crippen LogP contribution in [0.5, 0.6) is 0 Å². The summed E-state index contributed by atoms with van der Waals surface area (Å²) in [6.45, 7) is 0.397. The average Bonchev–Trinajstić information content (AvgIpc) is 3.19. The molecule has 0 amide bonds. The van der Waals surface area contributed by atoms with Crippen molar-refractivity contribution in [1.29, 1.82) is 0 Å². The molecule has 1 aliphatic rings. The number of phosphoric acid groups is 2. The van der Waals surface area contributed by atoms with Gasteiger partial charge in [-0.3, -0.25) is 22.9 Å². The molecule has 0 radical (unpaired) electrons. The topological polar surface area (TPSA) is 328 Å². The Morgan fingerprint density at radius 2 is 1.11 bits per heavy atom. The largest absolute Gasteiger partial charge is 0.472 e. The van der Waals surface area contributed by atoms with Crippen LogP contribution >= 0.6 is 23.2 Å². The zero-order valence-corrected chi connectivity index (χ0v) is 37.5. The lowest BCUT2D eigenvalue weighted by atomic mass is 9.79. The summed E-state index contributed by atoms with van der Waals surface area (Å²) in [5.41, 5.74) is 0. The van der Waals surface area contributed by atoms with Gasteiger partial charge in [0, 0.05) is 36.8 Å². The Hall–Kier alpha value is -3.93. The SMILES string of the molecule is C#CC#CC#CC#CC#CC#CC#CC(=O)OC[C@H](COP(=O)(O)OC1C(O)[C@H](OP(=O)(O)O)[C@H](CP(=O)(O)O)C(O)[C@@H]1O)OC(=O)CCCCCCCCCCCCCCC.N.[HH].[HH].[HH].[HH].[HH].[HH].[HH].[HH].[HH].[HH].[HH].[HH].[HH]. The van der Waals surface area contributed by atoms with E-state index in [1.807, 2.05) is 5.92 Å². The first-order valence-corrected chi connectivity index (χ1v) is 24.4. The highest BCUT2D eigenvalue weighted by Gasteiger charge is 2.55. The molecule has 0 spiro atoms. The molecule has 374 valence electrons. The van der Waals surface area contributed by atoms with Crippen LogP contribution in [0.25, 0.3) is 0 Å². The fraction of sp³-hybridized carbons (Fsp3) is 0.610. The van der Waals surface area contributed by atoms with Crippen LogP contribution in [0.15, 0.2) is 0 Å². The van der Waals surface area contributed by atoms with Crippen LogP contribution in [-0.2, 0) is 46.3 Å². The monoisotopic (exact) mass is 969 g/mol. The molecule has 11 N–H and O–H groups in total. The molecule has 19 nitrogen and oxygen atoms in total. The number of terminal acetylenes is 1. The second kappa shape index (κ2) is 32.7. The summed E-state index contributed by atoms with van der Waals surface area (Å²) in [7, 11) is -16.1. The molecule has 1 saturated carbocycles. The minimum absolute atomic E-state index is 0. The standard InChI is InChI=1S/C41H53O18P3.H3N.13H2/c1-3-5-7-9-11-13-15-17-19-21-23-25-27-29-36(43)57-33(30-55-35(42)28-26-24-22-20-18-16-14-12-10-8-6-4-2)31-56-62(53,54)59-41-38(45)37(44)34(32-60(47,48)49)40(39(41)46)58-61(50,51)52;;;;;;;;;;;;;;/h2,33-34,37-41,44-46H,3,5,7,9,11,13,15,17,19,21,23,25,27,29-32H2,1H3,(H,53,54)(H2,47,48,49)(H2,50,51,52);1H3;13*1H/t33-,34-,37?,38+,39?,40-,41?;;;;;;;;;;;;;;/m1............../s1. The van der Waals surface area contributed by atoms with Gasteiger partial charge in [0.15, 0.2) is 6.10 Å². The Kier molecular flexibility index (Phi) is 30.6. The predicted octanol–water partition coefficient (Wildman–Crippen LogP) is 5.81. The number of aliphatic hydroxyl groups is 3.